The van der Waals surface area contributed by atoms with Crippen LogP contribution in [0.25, 0.3) is 0 Å². The zero-order valence-corrected chi connectivity index (χ0v) is 12.8. The van der Waals surface area contributed by atoms with Crippen LogP contribution in [0.3, 0.4) is 0 Å². The van der Waals surface area contributed by atoms with Gasteiger partial charge in [0.2, 0.25) is 5.91 Å². The molecule has 106 valence electrons. The van der Waals surface area contributed by atoms with Crippen molar-refractivity contribution in [2.24, 2.45) is 7.05 Å². The number of carbonyl (C=O) groups is 1. The van der Waals surface area contributed by atoms with Crippen molar-refractivity contribution in [3.8, 4) is 0 Å². The highest BCUT2D eigenvalue weighted by molar-refractivity contribution is 7.99. The number of nitrogens with zero attached hydrogens (tertiary/aromatic N) is 3. The SMILES string of the molecule is CC(NC(=O)CSc1nncn1C)c1ccccc1Cl. The van der Waals surface area contributed by atoms with Crippen LogP contribution in [-0.2, 0) is 11.8 Å². The summed E-state index contributed by atoms with van der Waals surface area (Å²) in [6.45, 7) is 1.91. The lowest BCUT2D eigenvalue weighted by atomic mass is 10.1. The van der Waals surface area contributed by atoms with Gasteiger partial charge in [-0.25, -0.2) is 0 Å². The molecule has 1 atom stereocenters. The van der Waals surface area contributed by atoms with Gasteiger partial charge in [-0.15, -0.1) is 10.2 Å². The summed E-state index contributed by atoms with van der Waals surface area (Å²) in [5, 5.41) is 12.0. The number of hydrogen-bond donors (Lipinski definition) is 1. The molecule has 0 aliphatic carbocycles. The average Bonchev–Trinajstić information content (AvgIpc) is 2.82. The maximum Gasteiger partial charge on any atom is 0.230 e. The topological polar surface area (TPSA) is 59.8 Å². The fourth-order valence-electron chi connectivity index (χ4n) is 1.72. The lowest BCUT2D eigenvalue weighted by Gasteiger charge is -2.15. The van der Waals surface area contributed by atoms with Gasteiger partial charge in [-0.1, -0.05) is 41.6 Å². The molecule has 1 unspecified atom stereocenters. The zero-order valence-electron chi connectivity index (χ0n) is 11.2. The predicted octanol–water partition coefficient (Wildman–Crippen LogP) is 2.44. The fourth-order valence-corrected chi connectivity index (χ4v) is 2.72. The minimum atomic E-state index is -0.128. The first-order valence-electron chi connectivity index (χ1n) is 6.08. The second kappa shape index (κ2) is 6.76. The highest BCUT2D eigenvalue weighted by Crippen LogP contribution is 2.22. The summed E-state index contributed by atoms with van der Waals surface area (Å²) in [5.74, 6) is 0.229. The van der Waals surface area contributed by atoms with E-state index in [9.17, 15) is 4.79 Å². The largest absolute Gasteiger partial charge is 0.349 e. The monoisotopic (exact) mass is 310 g/mol. The van der Waals surface area contributed by atoms with Crippen LogP contribution in [0.1, 0.15) is 18.5 Å². The molecule has 0 spiro atoms. The van der Waals surface area contributed by atoms with Gasteiger partial charge in [-0.3, -0.25) is 4.79 Å². The molecule has 0 aliphatic rings. The number of nitrogens with one attached hydrogen (secondary N) is 1. The number of amides is 1. The van der Waals surface area contributed by atoms with Crippen LogP contribution in [0.5, 0.6) is 0 Å². The van der Waals surface area contributed by atoms with E-state index in [1.165, 1.54) is 11.8 Å². The van der Waals surface area contributed by atoms with Crippen molar-refractivity contribution in [2.45, 2.75) is 18.1 Å². The van der Waals surface area contributed by atoms with E-state index >= 15 is 0 Å². The molecule has 2 aromatic rings. The highest BCUT2D eigenvalue weighted by Gasteiger charge is 2.13. The molecular weight excluding hydrogens is 296 g/mol. The molecule has 1 amide bonds. The lowest BCUT2D eigenvalue weighted by Crippen LogP contribution is -2.28. The number of benzene rings is 1. The van der Waals surface area contributed by atoms with E-state index in [2.05, 4.69) is 15.5 Å². The molecule has 0 fully saturated rings. The predicted molar refractivity (Wildman–Crippen MR) is 79.7 cm³/mol. The second-order valence-corrected chi connectivity index (χ2v) is 5.67. The second-order valence-electron chi connectivity index (χ2n) is 4.32. The Balaban J connectivity index is 1.88. The number of thioether (sulfide) groups is 1. The molecule has 1 heterocycles. The summed E-state index contributed by atoms with van der Waals surface area (Å²) in [7, 11) is 1.84. The van der Waals surface area contributed by atoms with Crippen LogP contribution >= 0.6 is 23.4 Å². The first-order chi connectivity index (χ1) is 9.58. The van der Waals surface area contributed by atoms with Crippen molar-refractivity contribution in [2.75, 3.05) is 5.75 Å². The average molecular weight is 311 g/mol. The smallest absolute Gasteiger partial charge is 0.230 e. The van der Waals surface area contributed by atoms with Crippen LogP contribution in [0, 0.1) is 0 Å². The Morgan fingerprint density at radius 2 is 2.25 bits per heavy atom. The van der Waals surface area contributed by atoms with Crippen LogP contribution in [0.15, 0.2) is 35.7 Å². The maximum absolute atomic E-state index is 11.9. The molecule has 1 N–H and O–H groups in total. The first-order valence-corrected chi connectivity index (χ1v) is 7.45. The molecule has 0 bridgehead atoms. The normalized spacial score (nSPS) is 12.2. The number of halogens is 1. The first kappa shape index (κ1) is 14.9. The number of rotatable bonds is 5. The van der Waals surface area contributed by atoms with Crippen LogP contribution in [0.4, 0.5) is 0 Å². The third-order valence-corrected chi connectivity index (χ3v) is 4.13. The Morgan fingerprint density at radius 3 is 2.90 bits per heavy atom. The number of hydrogen-bond acceptors (Lipinski definition) is 4. The Kier molecular flexibility index (Phi) is 5.03. The van der Waals surface area contributed by atoms with E-state index < -0.39 is 0 Å². The fraction of sp³-hybridized carbons (Fsp3) is 0.308. The van der Waals surface area contributed by atoms with E-state index in [0.29, 0.717) is 15.9 Å². The zero-order chi connectivity index (χ0) is 14.5. The van der Waals surface area contributed by atoms with Gasteiger partial charge in [-0.2, -0.15) is 0 Å². The van der Waals surface area contributed by atoms with E-state index in [-0.39, 0.29) is 11.9 Å². The minimum Gasteiger partial charge on any atom is -0.349 e. The summed E-state index contributed by atoms with van der Waals surface area (Å²) in [4.78, 5) is 11.9. The van der Waals surface area contributed by atoms with Gasteiger partial charge in [0, 0.05) is 12.1 Å². The Bertz CT molecular complexity index is 602. The molecular formula is C13H15ClN4OS. The molecule has 0 radical (unpaired) electrons. The van der Waals surface area contributed by atoms with E-state index in [1.807, 2.05) is 38.2 Å². The number of carbonyl (C=O) groups excluding carboxylic acids is 1. The van der Waals surface area contributed by atoms with Gasteiger partial charge in [-0.05, 0) is 18.6 Å². The maximum atomic E-state index is 11.9. The summed E-state index contributed by atoms with van der Waals surface area (Å²) < 4.78 is 1.77. The summed E-state index contributed by atoms with van der Waals surface area (Å²) in [6.07, 6.45) is 1.60. The quantitative estimate of drug-likeness (QED) is 0.862. The van der Waals surface area contributed by atoms with Crippen molar-refractivity contribution < 1.29 is 4.79 Å². The van der Waals surface area contributed by atoms with Crippen molar-refractivity contribution in [1.29, 1.82) is 0 Å². The van der Waals surface area contributed by atoms with Crippen LogP contribution < -0.4 is 5.32 Å². The molecule has 5 nitrogen and oxygen atoms in total. The van der Waals surface area contributed by atoms with E-state index in [0.717, 1.165) is 5.56 Å². The van der Waals surface area contributed by atoms with Crippen LogP contribution in [0.2, 0.25) is 5.02 Å². The molecule has 0 aliphatic heterocycles. The number of aromatic nitrogens is 3. The summed E-state index contributed by atoms with van der Waals surface area (Å²) in [6, 6.07) is 7.36. The summed E-state index contributed by atoms with van der Waals surface area (Å²) >= 11 is 7.45. The standard InChI is InChI=1S/C13H15ClN4OS/c1-9(10-5-3-4-6-11(10)14)16-12(19)7-20-13-17-15-8-18(13)2/h3-6,8-9H,7H2,1-2H3,(H,16,19). The van der Waals surface area contributed by atoms with Crippen molar-refractivity contribution in [1.82, 2.24) is 20.1 Å². The molecule has 0 saturated carbocycles. The molecule has 0 saturated heterocycles. The Morgan fingerprint density at radius 1 is 1.50 bits per heavy atom. The third kappa shape index (κ3) is 3.74. The van der Waals surface area contributed by atoms with Gasteiger partial charge in [0.25, 0.3) is 0 Å². The molecule has 7 heteroatoms. The lowest BCUT2D eigenvalue weighted by molar-refractivity contribution is -0.119. The molecule has 1 aromatic carbocycles. The summed E-state index contributed by atoms with van der Waals surface area (Å²) in [5.41, 5.74) is 0.908. The van der Waals surface area contributed by atoms with Gasteiger partial charge < -0.3 is 9.88 Å². The van der Waals surface area contributed by atoms with Crippen molar-refractivity contribution in [3.63, 3.8) is 0 Å². The van der Waals surface area contributed by atoms with E-state index in [4.69, 9.17) is 11.6 Å². The highest BCUT2D eigenvalue weighted by atomic mass is 35.5. The Labute approximate surface area is 126 Å². The van der Waals surface area contributed by atoms with Gasteiger partial charge in [0.15, 0.2) is 5.16 Å². The van der Waals surface area contributed by atoms with Gasteiger partial charge in [0.05, 0.1) is 11.8 Å². The molecule has 2 rings (SSSR count). The van der Waals surface area contributed by atoms with Crippen LogP contribution in [-0.4, -0.2) is 26.4 Å². The van der Waals surface area contributed by atoms with Crippen molar-refractivity contribution in [3.05, 3.63) is 41.2 Å². The Hall–Kier alpha value is -1.53. The van der Waals surface area contributed by atoms with Crippen molar-refractivity contribution >= 4 is 29.3 Å². The molecule has 20 heavy (non-hydrogen) atoms. The number of aryl methyl sites for hydroxylation is 1. The van der Waals surface area contributed by atoms with Gasteiger partial charge >= 0.3 is 0 Å². The van der Waals surface area contributed by atoms with E-state index in [1.54, 1.807) is 10.9 Å². The third-order valence-electron chi connectivity index (χ3n) is 2.75. The molecule has 1 aromatic heterocycles. The minimum absolute atomic E-state index is 0.0644. The van der Waals surface area contributed by atoms with Gasteiger partial charge in [0.1, 0.15) is 6.33 Å².